The van der Waals surface area contributed by atoms with Gasteiger partial charge in [0.2, 0.25) is 0 Å². The van der Waals surface area contributed by atoms with E-state index in [9.17, 15) is 9.36 Å². The number of amides is 1. The minimum atomic E-state index is -3.73. The van der Waals surface area contributed by atoms with Gasteiger partial charge in [-0.3, -0.25) is 13.6 Å². The molecular weight excluding hydrogens is 529 g/mol. The van der Waals surface area contributed by atoms with Gasteiger partial charge in [-0.15, -0.1) is 0 Å². The Hall–Kier alpha value is -2.09. The topological polar surface area (TPSA) is 92.3 Å². The first-order valence-electron chi connectivity index (χ1n) is 12.7. The predicted molar refractivity (Wildman–Crippen MR) is 150 cm³/mol. The molecular formula is C28H41ClNO7P. The van der Waals surface area contributed by atoms with Crippen LogP contribution in [0.4, 0.5) is 4.79 Å². The van der Waals surface area contributed by atoms with E-state index in [0.29, 0.717) is 30.0 Å². The van der Waals surface area contributed by atoms with Crippen LogP contribution < -0.4 is 10.1 Å². The molecule has 2 aromatic carbocycles. The molecule has 0 aromatic heterocycles. The summed E-state index contributed by atoms with van der Waals surface area (Å²) in [5.74, 6) is 1.43. The Kier molecular flexibility index (Phi) is 12.1. The fourth-order valence-corrected chi connectivity index (χ4v) is 4.84. The second-order valence-electron chi connectivity index (χ2n) is 10.4. The van der Waals surface area contributed by atoms with Crippen LogP contribution in [-0.2, 0) is 35.7 Å². The Morgan fingerprint density at radius 3 is 2.29 bits per heavy atom. The molecule has 212 valence electrons. The van der Waals surface area contributed by atoms with Crippen molar-refractivity contribution >= 4 is 25.5 Å². The van der Waals surface area contributed by atoms with Crippen molar-refractivity contribution in [2.75, 3.05) is 20.8 Å². The second-order valence-corrected chi connectivity index (χ2v) is 12.7. The maximum Gasteiger partial charge on any atom is 0.474 e. The number of phosphoric ester groups is 1. The normalized spacial score (nSPS) is 13.6. The number of alkyl carbamates (subject to hydrolysis) is 1. The molecule has 8 nitrogen and oxygen atoms in total. The molecule has 2 aromatic rings. The van der Waals surface area contributed by atoms with E-state index in [1.54, 1.807) is 33.8 Å². The number of halogens is 1. The number of aryl methyl sites for hydroxylation is 2. The molecule has 2 rings (SSSR count). The summed E-state index contributed by atoms with van der Waals surface area (Å²) in [4.78, 5) is 12.5. The number of hydrogen-bond acceptors (Lipinski definition) is 7. The van der Waals surface area contributed by atoms with Crippen molar-refractivity contribution in [2.24, 2.45) is 0 Å². The van der Waals surface area contributed by atoms with Crippen molar-refractivity contribution in [3.8, 4) is 11.5 Å². The molecule has 0 saturated heterocycles. The minimum absolute atomic E-state index is 0.108. The maximum absolute atomic E-state index is 12.5. The highest BCUT2D eigenvalue weighted by Gasteiger charge is 2.33. The summed E-state index contributed by atoms with van der Waals surface area (Å²) < 4.78 is 39.0. The highest BCUT2D eigenvalue weighted by molar-refractivity contribution is 7.48. The van der Waals surface area contributed by atoms with E-state index in [-0.39, 0.29) is 6.61 Å². The van der Waals surface area contributed by atoms with Crippen molar-refractivity contribution in [3.63, 3.8) is 0 Å². The molecule has 1 atom stereocenters. The van der Waals surface area contributed by atoms with E-state index in [2.05, 4.69) is 18.3 Å². The van der Waals surface area contributed by atoms with E-state index in [1.807, 2.05) is 30.3 Å². The highest BCUT2D eigenvalue weighted by atomic mass is 35.5. The van der Waals surface area contributed by atoms with Crippen molar-refractivity contribution in [1.82, 2.24) is 5.32 Å². The van der Waals surface area contributed by atoms with E-state index >= 15 is 0 Å². The molecule has 1 amide bonds. The second kappa shape index (κ2) is 14.3. The lowest BCUT2D eigenvalue weighted by molar-refractivity contribution is 0.0386. The fraction of sp³-hybridized carbons (Fsp3) is 0.536. The van der Waals surface area contributed by atoms with Gasteiger partial charge in [0.1, 0.15) is 17.1 Å². The fourth-order valence-electron chi connectivity index (χ4n) is 3.77. The molecule has 0 bridgehead atoms. The Balaban J connectivity index is 2.06. The number of phosphoric acid groups is 1. The lowest BCUT2D eigenvalue weighted by Gasteiger charge is -2.32. The molecule has 0 heterocycles. The summed E-state index contributed by atoms with van der Waals surface area (Å²) in [6.45, 7) is 9.17. The van der Waals surface area contributed by atoms with Crippen molar-refractivity contribution < 1.29 is 32.4 Å². The summed E-state index contributed by atoms with van der Waals surface area (Å²) in [5.41, 5.74) is 0.592. The average molecular weight is 570 g/mol. The SMILES string of the molecule is CCCc1cccc(Oc2ccc(CCC[C@](C)(COP(=O)(OC)OC)NC(=O)OC(C)(C)C)c(Cl)c2)c1. The zero-order valence-corrected chi connectivity index (χ0v) is 25.1. The molecule has 10 heteroatoms. The molecule has 1 N–H and O–H groups in total. The van der Waals surface area contributed by atoms with Gasteiger partial charge in [-0.2, -0.15) is 0 Å². The van der Waals surface area contributed by atoms with Crippen molar-refractivity contribution in [2.45, 2.75) is 77.9 Å². The number of hydrogen-bond donors (Lipinski definition) is 1. The van der Waals surface area contributed by atoms with Gasteiger partial charge in [-0.25, -0.2) is 9.36 Å². The Bertz CT molecular complexity index is 1100. The van der Waals surface area contributed by atoms with Gasteiger partial charge in [0.05, 0.1) is 12.1 Å². The van der Waals surface area contributed by atoms with Gasteiger partial charge in [0, 0.05) is 19.2 Å². The van der Waals surface area contributed by atoms with Crippen LogP contribution in [0, 0.1) is 0 Å². The number of ether oxygens (including phenoxy) is 2. The van der Waals surface area contributed by atoms with Crippen LogP contribution in [0.2, 0.25) is 5.02 Å². The predicted octanol–water partition coefficient (Wildman–Crippen LogP) is 8.11. The standard InChI is InChI=1S/C28H41ClNO7P/c1-8-11-21-12-9-14-23(18-21)36-24-16-15-22(25(29)19-24)13-10-17-28(5,20-35-38(32,33-6)34-7)30-26(31)37-27(2,3)4/h9,12,14-16,18-19H,8,10-11,13,17,20H2,1-7H3,(H,30,31)/t28-/m1/s1. The van der Waals surface area contributed by atoms with Gasteiger partial charge in [-0.05, 0) is 88.8 Å². The van der Waals surface area contributed by atoms with E-state index < -0.39 is 25.1 Å². The molecule has 0 radical (unpaired) electrons. The Morgan fingerprint density at radius 2 is 1.68 bits per heavy atom. The van der Waals surface area contributed by atoms with Gasteiger partial charge in [0.15, 0.2) is 0 Å². The third-order valence-corrected chi connectivity index (χ3v) is 7.35. The van der Waals surface area contributed by atoms with Gasteiger partial charge < -0.3 is 14.8 Å². The van der Waals surface area contributed by atoms with Crippen molar-refractivity contribution in [1.29, 1.82) is 0 Å². The van der Waals surface area contributed by atoms with Crippen LogP contribution in [0.3, 0.4) is 0 Å². The first-order chi connectivity index (χ1) is 17.8. The molecule has 0 saturated carbocycles. The zero-order valence-electron chi connectivity index (χ0n) is 23.5. The minimum Gasteiger partial charge on any atom is -0.457 e. The molecule has 0 aliphatic carbocycles. The quantitative estimate of drug-likeness (QED) is 0.230. The van der Waals surface area contributed by atoms with E-state index in [0.717, 1.165) is 24.2 Å². The largest absolute Gasteiger partial charge is 0.474 e. The highest BCUT2D eigenvalue weighted by Crippen LogP contribution is 2.48. The number of benzene rings is 2. The van der Waals surface area contributed by atoms with Crippen LogP contribution in [0.25, 0.3) is 0 Å². The van der Waals surface area contributed by atoms with Gasteiger partial charge >= 0.3 is 13.9 Å². The summed E-state index contributed by atoms with van der Waals surface area (Å²) >= 11 is 6.58. The zero-order chi connectivity index (χ0) is 28.4. The molecule has 0 fully saturated rings. The first-order valence-corrected chi connectivity index (χ1v) is 14.6. The maximum atomic E-state index is 12.5. The average Bonchev–Trinajstić information content (AvgIpc) is 2.83. The lowest BCUT2D eigenvalue weighted by Crippen LogP contribution is -2.51. The van der Waals surface area contributed by atoms with Crippen LogP contribution in [0.5, 0.6) is 11.5 Å². The summed E-state index contributed by atoms with van der Waals surface area (Å²) in [7, 11) is -1.26. The van der Waals surface area contributed by atoms with E-state index in [1.165, 1.54) is 19.8 Å². The summed E-state index contributed by atoms with van der Waals surface area (Å²) in [6, 6.07) is 13.7. The molecule has 0 aliphatic rings. The number of carbonyl (C=O) groups is 1. The third kappa shape index (κ3) is 11.0. The van der Waals surface area contributed by atoms with Crippen LogP contribution >= 0.6 is 19.4 Å². The molecule has 0 spiro atoms. The summed E-state index contributed by atoms with van der Waals surface area (Å²) in [6.07, 6.45) is 3.25. The summed E-state index contributed by atoms with van der Waals surface area (Å²) in [5, 5.41) is 3.44. The Labute approximate surface area is 231 Å². The number of nitrogens with one attached hydrogen (secondary N) is 1. The number of carbonyl (C=O) groups excluding carboxylic acids is 1. The first kappa shape index (κ1) is 32.1. The van der Waals surface area contributed by atoms with Crippen molar-refractivity contribution in [3.05, 3.63) is 58.6 Å². The van der Waals surface area contributed by atoms with Gasteiger partial charge in [0.25, 0.3) is 0 Å². The lowest BCUT2D eigenvalue weighted by atomic mass is 9.94. The van der Waals surface area contributed by atoms with Gasteiger partial charge in [-0.1, -0.05) is 43.1 Å². The van der Waals surface area contributed by atoms with Crippen LogP contribution in [-0.4, -0.2) is 38.1 Å². The smallest absolute Gasteiger partial charge is 0.457 e. The van der Waals surface area contributed by atoms with Crippen LogP contribution in [0.15, 0.2) is 42.5 Å². The molecule has 0 aliphatic heterocycles. The Morgan fingerprint density at radius 1 is 1.00 bits per heavy atom. The van der Waals surface area contributed by atoms with E-state index in [4.69, 9.17) is 34.6 Å². The number of rotatable bonds is 14. The monoisotopic (exact) mass is 569 g/mol. The molecule has 38 heavy (non-hydrogen) atoms. The van der Waals surface area contributed by atoms with Crippen LogP contribution in [0.1, 0.15) is 65.0 Å². The third-order valence-electron chi connectivity index (χ3n) is 5.66. The molecule has 0 unspecified atom stereocenters.